The van der Waals surface area contributed by atoms with E-state index in [1.807, 2.05) is 27.7 Å². The molecular weight excluding hydrogens is 188 g/mol. The van der Waals surface area contributed by atoms with Crippen molar-refractivity contribution in [3.63, 3.8) is 0 Å². The molecule has 0 radical (unpaired) electrons. The summed E-state index contributed by atoms with van der Waals surface area (Å²) < 4.78 is 0. The van der Waals surface area contributed by atoms with Crippen molar-refractivity contribution < 1.29 is 9.59 Å². The van der Waals surface area contributed by atoms with Crippen molar-refractivity contribution in [1.29, 1.82) is 0 Å². The second-order valence-electron chi connectivity index (χ2n) is 3.68. The molecule has 0 aliphatic heterocycles. The highest BCUT2D eigenvalue weighted by molar-refractivity contribution is 5.78. The van der Waals surface area contributed by atoms with Crippen molar-refractivity contribution in [2.24, 2.45) is 0 Å². The Kier molecular flexibility index (Phi) is 14.9. The molecule has 0 amide bonds. The standard InChI is InChI=1S/C7H14O.C6H12O/c1-3-5-7(8)6-4-2;1-3-5-6(7)4-2/h3-6H2,1-2H3;3-5H2,1-2H3. The topological polar surface area (TPSA) is 34.1 Å². The molecule has 2 nitrogen and oxygen atoms in total. The fourth-order valence-electron chi connectivity index (χ4n) is 1.14. The van der Waals surface area contributed by atoms with E-state index in [9.17, 15) is 9.59 Å². The first-order chi connectivity index (χ1) is 7.12. The van der Waals surface area contributed by atoms with Crippen molar-refractivity contribution in [1.82, 2.24) is 0 Å². The van der Waals surface area contributed by atoms with E-state index < -0.39 is 0 Å². The van der Waals surface area contributed by atoms with Gasteiger partial charge in [0.25, 0.3) is 0 Å². The van der Waals surface area contributed by atoms with Crippen molar-refractivity contribution in [2.75, 3.05) is 0 Å². The minimum atomic E-state index is 0.377. The molecule has 0 heterocycles. The highest BCUT2D eigenvalue weighted by atomic mass is 16.1. The Morgan fingerprint density at radius 2 is 1.00 bits per heavy atom. The molecule has 0 aromatic heterocycles. The van der Waals surface area contributed by atoms with Gasteiger partial charge in [0.2, 0.25) is 0 Å². The van der Waals surface area contributed by atoms with Crippen LogP contribution in [0.4, 0.5) is 0 Å². The van der Waals surface area contributed by atoms with E-state index >= 15 is 0 Å². The molecule has 0 spiro atoms. The first kappa shape index (κ1) is 16.8. The minimum absolute atomic E-state index is 0.377. The van der Waals surface area contributed by atoms with E-state index in [1.165, 1.54) is 0 Å². The number of rotatable bonds is 7. The quantitative estimate of drug-likeness (QED) is 0.643. The van der Waals surface area contributed by atoms with Gasteiger partial charge in [0, 0.05) is 25.7 Å². The van der Waals surface area contributed by atoms with Crippen molar-refractivity contribution >= 4 is 11.6 Å². The third-order valence-corrected chi connectivity index (χ3v) is 1.98. The Hall–Kier alpha value is -0.660. The van der Waals surface area contributed by atoms with E-state index in [-0.39, 0.29) is 0 Å². The molecule has 90 valence electrons. The Morgan fingerprint density at radius 1 is 0.667 bits per heavy atom. The van der Waals surface area contributed by atoms with Crippen LogP contribution in [0.25, 0.3) is 0 Å². The zero-order valence-electron chi connectivity index (χ0n) is 10.8. The molecule has 0 fully saturated rings. The second kappa shape index (κ2) is 13.3. The highest BCUT2D eigenvalue weighted by Gasteiger charge is 1.94. The summed E-state index contributed by atoms with van der Waals surface area (Å²) >= 11 is 0. The lowest BCUT2D eigenvalue weighted by molar-refractivity contribution is -0.119. The normalized spacial score (nSPS) is 9.07. The Balaban J connectivity index is 0. The number of carbonyl (C=O) groups is 2. The molecule has 0 aliphatic carbocycles. The molecule has 0 aromatic carbocycles. The van der Waals surface area contributed by atoms with Gasteiger partial charge in [0.15, 0.2) is 0 Å². The summed E-state index contributed by atoms with van der Waals surface area (Å²) in [7, 11) is 0. The Labute approximate surface area is 94.4 Å². The summed E-state index contributed by atoms with van der Waals surface area (Å²) in [6, 6.07) is 0. The van der Waals surface area contributed by atoms with Crippen LogP contribution in [0.1, 0.15) is 72.6 Å². The molecular formula is C13H26O2. The van der Waals surface area contributed by atoms with Gasteiger partial charge < -0.3 is 0 Å². The molecule has 0 saturated heterocycles. The molecule has 0 aliphatic rings. The fraction of sp³-hybridized carbons (Fsp3) is 0.846. The maximum absolute atomic E-state index is 10.6. The van der Waals surface area contributed by atoms with E-state index in [1.54, 1.807) is 0 Å². The molecule has 15 heavy (non-hydrogen) atoms. The van der Waals surface area contributed by atoms with Gasteiger partial charge in [-0.15, -0.1) is 0 Å². The maximum atomic E-state index is 10.6. The van der Waals surface area contributed by atoms with Gasteiger partial charge in [-0.2, -0.15) is 0 Å². The van der Waals surface area contributed by atoms with Crippen LogP contribution in [0, 0.1) is 0 Å². The maximum Gasteiger partial charge on any atom is 0.132 e. The molecule has 0 N–H and O–H groups in total. The summed E-state index contributed by atoms with van der Waals surface area (Å²) in [6.07, 6.45) is 6.00. The van der Waals surface area contributed by atoms with Crippen LogP contribution in [0.2, 0.25) is 0 Å². The van der Waals surface area contributed by atoms with E-state index in [4.69, 9.17) is 0 Å². The molecule has 0 bridgehead atoms. The molecule has 0 unspecified atom stereocenters. The predicted molar refractivity (Wildman–Crippen MR) is 65.0 cm³/mol. The predicted octanol–water partition coefficient (Wildman–Crippen LogP) is 3.92. The summed E-state index contributed by atoms with van der Waals surface area (Å²) in [4.78, 5) is 21.1. The van der Waals surface area contributed by atoms with Crippen LogP contribution in [0.15, 0.2) is 0 Å². The largest absolute Gasteiger partial charge is 0.300 e. The lowest BCUT2D eigenvalue weighted by Crippen LogP contribution is -1.93. The lowest BCUT2D eigenvalue weighted by atomic mass is 10.1. The van der Waals surface area contributed by atoms with Gasteiger partial charge in [-0.1, -0.05) is 27.7 Å². The average molecular weight is 214 g/mol. The van der Waals surface area contributed by atoms with E-state index in [0.717, 1.165) is 38.5 Å². The molecule has 0 saturated carbocycles. The van der Waals surface area contributed by atoms with Gasteiger partial charge in [-0.3, -0.25) is 9.59 Å². The van der Waals surface area contributed by atoms with E-state index in [2.05, 4.69) is 0 Å². The van der Waals surface area contributed by atoms with Gasteiger partial charge in [-0.25, -0.2) is 0 Å². The van der Waals surface area contributed by atoms with Gasteiger partial charge >= 0.3 is 0 Å². The number of carbonyl (C=O) groups excluding carboxylic acids is 2. The van der Waals surface area contributed by atoms with Gasteiger partial charge in [0.05, 0.1) is 0 Å². The molecule has 2 heteroatoms. The van der Waals surface area contributed by atoms with Crippen molar-refractivity contribution in [2.45, 2.75) is 72.6 Å². The zero-order chi connectivity index (χ0) is 12.1. The van der Waals surface area contributed by atoms with Crippen LogP contribution < -0.4 is 0 Å². The van der Waals surface area contributed by atoms with Crippen molar-refractivity contribution in [3.05, 3.63) is 0 Å². The summed E-state index contributed by atoms with van der Waals surface area (Å²) in [5, 5.41) is 0. The zero-order valence-corrected chi connectivity index (χ0v) is 10.8. The smallest absolute Gasteiger partial charge is 0.132 e. The Morgan fingerprint density at radius 3 is 1.20 bits per heavy atom. The highest BCUT2D eigenvalue weighted by Crippen LogP contribution is 1.95. The summed E-state index contributed by atoms with van der Waals surface area (Å²) in [5.41, 5.74) is 0. The van der Waals surface area contributed by atoms with Crippen LogP contribution in [-0.2, 0) is 9.59 Å². The second-order valence-corrected chi connectivity index (χ2v) is 3.68. The number of ketones is 2. The number of Topliss-reactive ketones (excluding diaryl/α,β-unsaturated/α-hetero) is 2. The van der Waals surface area contributed by atoms with Crippen LogP contribution in [0.5, 0.6) is 0 Å². The number of hydrogen-bond acceptors (Lipinski definition) is 2. The van der Waals surface area contributed by atoms with Crippen LogP contribution in [0.3, 0.4) is 0 Å². The van der Waals surface area contributed by atoms with E-state index in [0.29, 0.717) is 18.0 Å². The first-order valence-corrected chi connectivity index (χ1v) is 6.15. The summed E-state index contributed by atoms with van der Waals surface area (Å²) in [6.45, 7) is 7.99. The third-order valence-electron chi connectivity index (χ3n) is 1.98. The average Bonchev–Trinajstić information content (AvgIpc) is 2.20. The fourth-order valence-corrected chi connectivity index (χ4v) is 1.14. The molecule has 0 rings (SSSR count). The lowest BCUT2D eigenvalue weighted by Gasteiger charge is -1.91. The number of hydrogen-bond donors (Lipinski definition) is 0. The molecule has 0 aromatic rings. The Bertz CT molecular complexity index is 154. The first-order valence-electron chi connectivity index (χ1n) is 6.15. The third kappa shape index (κ3) is 16.0. The SMILES string of the molecule is CCCC(=O)CC.CCCC(=O)CCC. The minimum Gasteiger partial charge on any atom is -0.300 e. The molecule has 0 atom stereocenters. The monoisotopic (exact) mass is 214 g/mol. The van der Waals surface area contributed by atoms with Crippen molar-refractivity contribution in [3.8, 4) is 0 Å². The summed E-state index contributed by atoms with van der Waals surface area (Å²) in [5.74, 6) is 0.789. The van der Waals surface area contributed by atoms with Crippen LogP contribution in [-0.4, -0.2) is 11.6 Å². The van der Waals surface area contributed by atoms with Gasteiger partial charge in [-0.05, 0) is 19.3 Å². The van der Waals surface area contributed by atoms with Crippen LogP contribution >= 0.6 is 0 Å². The van der Waals surface area contributed by atoms with Gasteiger partial charge in [0.1, 0.15) is 11.6 Å².